The summed E-state index contributed by atoms with van der Waals surface area (Å²) in [6, 6.07) is 9.32. The van der Waals surface area contributed by atoms with E-state index in [1.165, 1.54) is 7.11 Å². The van der Waals surface area contributed by atoms with E-state index in [1.54, 1.807) is 0 Å². The summed E-state index contributed by atoms with van der Waals surface area (Å²) in [5, 5.41) is 3.29. The molecular weight excluding hydrogens is 252 g/mol. The van der Waals surface area contributed by atoms with Crippen LogP contribution in [-0.2, 0) is 9.53 Å². The van der Waals surface area contributed by atoms with Crippen LogP contribution in [-0.4, -0.2) is 44.2 Å². The van der Waals surface area contributed by atoms with Crippen LogP contribution in [0.25, 0.3) is 0 Å². The molecule has 4 nitrogen and oxygen atoms in total. The Morgan fingerprint density at radius 2 is 1.90 bits per heavy atom. The molecule has 0 bridgehead atoms. The summed E-state index contributed by atoms with van der Waals surface area (Å²) in [5.41, 5.74) is 0.946. The second-order valence-corrected chi connectivity index (χ2v) is 4.70. The van der Waals surface area contributed by atoms with Crippen LogP contribution in [0.3, 0.4) is 0 Å². The van der Waals surface area contributed by atoms with Gasteiger partial charge in [0.25, 0.3) is 0 Å². The van der Waals surface area contributed by atoms with Crippen molar-refractivity contribution in [3.8, 4) is 0 Å². The Morgan fingerprint density at radius 1 is 1.25 bits per heavy atom. The first-order chi connectivity index (χ1) is 9.72. The van der Waals surface area contributed by atoms with E-state index in [1.807, 2.05) is 30.3 Å². The van der Waals surface area contributed by atoms with Gasteiger partial charge in [0.05, 0.1) is 7.11 Å². The molecule has 0 radical (unpaired) electrons. The number of methoxy groups -OCH3 is 1. The third-order valence-electron chi connectivity index (χ3n) is 3.46. The van der Waals surface area contributed by atoms with Crippen LogP contribution in [0.4, 0.5) is 0 Å². The minimum absolute atomic E-state index is 0.237. The number of esters is 1. The molecule has 0 fully saturated rings. The standard InChI is InChI=1S/C16H26N2O2/c1-4-18(5-2)13-9-12-17-15(16(19)20-3)14-10-7-6-8-11-14/h6-8,10-11,15,17H,4-5,9,12-13H2,1-3H3. The van der Waals surface area contributed by atoms with Gasteiger partial charge < -0.3 is 15.0 Å². The summed E-state index contributed by atoms with van der Waals surface area (Å²) < 4.78 is 4.88. The first-order valence-corrected chi connectivity index (χ1v) is 7.31. The lowest BCUT2D eigenvalue weighted by molar-refractivity contribution is -0.143. The van der Waals surface area contributed by atoms with E-state index in [0.29, 0.717) is 0 Å². The highest BCUT2D eigenvalue weighted by molar-refractivity contribution is 5.77. The Kier molecular flexibility index (Phi) is 7.92. The topological polar surface area (TPSA) is 41.6 Å². The van der Waals surface area contributed by atoms with Crippen molar-refractivity contribution in [2.24, 2.45) is 0 Å². The third kappa shape index (κ3) is 5.31. The molecule has 0 aromatic heterocycles. The average Bonchev–Trinajstić information content (AvgIpc) is 2.51. The van der Waals surface area contributed by atoms with Crippen molar-refractivity contribution in [2.75, 3.05) is 33.3 Å². The zero-order valence-electron chi connectivity index (χ0n) is 12.8. The van der Waals surface area contributed by atoms with Crippen LogP contribution in [0.5, 0.6) is 0 Å². The Hall–Kier alpha value is -1.39. The second-order valence-electron chi connectivity index (χ2n) is 4.70. The van der Waals surface area contributed by atoms with Crippen molar-refractivity contribution in [1.29, 1.82) is 0 Å². The van der Waals surface area contributed by atoms with Crippen LogP contribution in [0.15, 0.2) is 30.3 Å². The SMILES string of the molecule is CCN(CC)CCCNC(C(=O)OC)c1ccccc1. The molecule has 1 unspecified atom stereocenters. The fourth-order valence-electron chi connectivity index (χ4n) is 2.19. The van der Waals surface area contributed by atoms with Gasteiger partial charge in [0.1, 0.15) is 6.04 Å². The Bertz CT molecular complexity index is 377. The van der Waals surface area contributed by atoms with E-state index < -0.39 is 0 Å². The van der Waals surface area contributed by atoms with Gasteiger partial charge in [0.2, 0.25) is 0 Å². The number of ether oxygens (including phenoxy) is 1. The predicted molar refractivity (Wildman–Crippen MR) is 81.6 cm³/mol. The fourth-order valence-corrected chi connectivity index (χ4v) is 2.19. The van der Waals surface area contributed by atoms with E-state index in [2.05, 4.69) is 24.1 Å². The van der Waals surface area contributed by atoms with Crippen LogP contribution in [0.1, 0.15) is 31.9 Å². The van der Waals surface area contributed by atoms with Gasteiger partial charge in [-0.1, -0.05) is 44.2 Å². The molecule has 1 rings (SSSR count). The minimum atomic E-state index is -0.377. The highest BCUT2D eigenvalue weighted by Crippen LogP contribution is 2.13. The van der Waals surface area contributed by atoms with Crippen LogP contribution < -0.4 is 5.32 Å². The number of benzene rings is 1. The summed E-state index contributed by atoms with van der Waals surface area (Å²) >= 11 is 0. The van der Waals surface area contributed by atoms with Crippen molar-refractivity contribution < 1.29 is 9.53 Å². The number of rotatable bonds is 9. The van der Waals surface area contributed by atoms with Gasteiger partial charge in [-0.25, -0.2) is 4.79 Å². The molecule has 0 saturated carbocycles. The lowest BCUT2D eigenvalue weighted by Crippen LogP contribution is -2.32. The van der Waals surface area contributed by atoms with Crippen LogP contribution >= 0.6 is 0 Å². The molecule has 0 heterocycles. The summed E-state index contributed by atoms with van der Waals surface area (Å²) in [4.78, 5) is 14.2. The molecule has 4 heteroatoms. The van der Waals surface area contributed by atoms with Crippen molar-refractivity contribution in [1.82, 2.24) is 10.2 Å². The number of hydrogen-bond acceptors (Lipinski definition) is 4. The maximum atomic E-state index is 11.9. The molecule has 1 aromatic rings. The molecule has 0 aliphatic rings. The highest BCUT2D eigenvalue weighted by Gasteiger charge is 2.20. The number of hydrogen-bond donors (Lipinski definition) is 1. The smallest absolute Gasteiger partial charge is 0.327 e. The van der Waals surface area contributed by atoms with Gasteiger partial charge in [-0.05, 0) is 38.2 Å². The van der Waals surface area contributed by atoms with Gasteiger partial charge in [0.15, 0.2) is 0 Å². The lowest BCUT2D eigenvalue weighted by Gasteiger charge is -2.20. The van der Waals surface area contributed by atoms with Crippen molar-refractivity contribution in [3.05, 3.63) is 35.9 Å². The molecule has 1 aromatic carbocycles. The Balaban J connectivity index is 2.49. The zero-order chi connectivity index (χ0) is 14.8. The monoisotopic (exact) mass is 278 g/mol. The summed E-state index contributed by atoms with van der Waals surface area (Å²) in [7, 11) is 1.43. The number of carbonyl (C=O) groups is 1. The van der Waals surface area contributed by atoms with Crippen molar-refractivity contribution in [3.63, 3.8) is 0 Å². The molecular formula is C16H26N2O2. The van der Waals surface area contributed by atoms with E-state index in [0.717, 1.165) is 38.2 Å². The first-order valence-electron chi connectivity index (χ1n) is 7.31. The average molecular weight is 278 g/mol. The number of nitrogens with zero attached hydrogens (tertiary/aromatic N) is 1. The minimum Gasteiger partial charge on any atom is -0.468 e. The normalized spacial score (nSPS) is 12.4. The molecule has 0 aliphatic carbocycles. The van der Waals surface area contributed by atoms with Gasteiger partial charge in [-0.15, -0.1) is 0 Å². The summed E-state index contributed by atoms with van der Waals surface area (Å²) in [5.74, 6) is -0.237. The third-order valence-corrected chi connectivity index (χ3v) is 3.46. The molecule has 0 spiro atoms. The van der Waals surface area contributed by atoms with E-state index in [9.17, 15) is 4.79 Å². The lowest BCUT2D eigenvalue weighted by atomic mass is 10.1. The predicted octanol–water partition coefficient (Wildman–Crippen LogP) is 2.22. The molecule has 0 saturated heterocycles. The molecule has 20 heavy (non-hydrogen) atoms. The molecule has 1 atom stereocenters. The maximum absolute atomic E-state index is 11.9. The second kappa shape index (κ2) is 9.50. The quantitative estimate of drug-likeness (QED) is 0.555. The maximum Gasteiger partial charge on any atom is 0.327 e. The van der Waals surface area contributed by atoms with E-state index >= 15 is 0 Å². The molecule has 112 valence electrons. The summed E-state index contributed by atoms with van der Waals surface area (Å²) in [6.07, 6.45) is 1.02. The molecule has 0 aliphatic heterocycles. The number of carbonyl (C=O) groups excluding carboxylic acids is 1. The first kappa shape index (κ1) is 16.7. The van der Waals surface area contributed by atoms with Gasteiger partial charge in [0, 0.05) is 0 Å². The van der Waals surface area contributed by atoms with E-state index in [-0.39, 0.29) is 12.0 Å². The van der Waals surface area contributed by atoms with Crippen LogP contribution in [0.2, 0.25) is 0 Å². The summed E-state index contributed by atoms with van der Waals surface area (Å²) in [6.45, 7) is 8.30. The molecule has 1 N–H and O–H groups in total. The Labute approximate surface area is 122 Å². The van der Waals surface area contributed by atoms with E-state index in [4.69, 9.17) is 4.74 Å². The zero-order valence-corrected chi connectivity index (χ0v) is 12.8. The van der Waals surface area contributed by atoms with Crippen LogP contribution in [0, 0.1) is 0 Å². The largest absolute Gasteiger partial charge is 0.468 e. The van der Waals surface area contributed by atoms with Gasteiger partial charge >= 0.3 is 5.97 Å². The highest BCUT2D eigenvalue weighted by atomic mass is 16.5. The fraction of sp³-hybridized carbons (Fsp3) is 0.562. The van der Waals surface area contributed by atoms with Crippen molar-refractivity contribution in [2.45, 2.75) is 26.3 Å². The Morgan fingerprint density at radius 3 is 2.45 bits per heavy atom. The molecule has 0 amide bonds. The number of nitrogens with one attached hydrogen (secondary N) is 1. The van der Waals surface area contributed by atoms with Gasteiger partial charge in [-0.2, -0.15) is 0 Å². The van der Waals surface area contributed by atoms with Crippen molar-refractivity contribution >= 4 is 5.97 Å². The van der Waals surface area contributed by atoms with Gasteiger partial charge in [-0.3, -0.25) is 0 Å².